The Morgan fingerprint density at radius 2 is 1.68 bits per heavy atom. The van der Waals surface area contributed by atoms with Gasteiger partial charge in [-0.3, -0.25) is 9.69 Å². The van der Waals surface area contributed by atoms with Gasteiger partial charge in [0.25, 0.3) is 0 Å². The maximum absolute atomic E-state index is 13.1. The Morgan fingerprint density at radius 3 is 2.29 bits per heavy atom. The molecule has 1 heterocycles. The molecule has 1 amide bonds. The van der Waals surface area contributed by atoms with E-state index in [-0.39, 0.29) is 17.4 Å². The summed E-state index contributed by atoms with van der Waals surface area (Å²) in [6.45, 7) is 2.90. The number of benzene rings is 2. The Kier molecular flexibility index (Phi) is 6.86. The van der Waals surface area contributed by atoms with Gasteiger partial charge in [-0.1, -0.05) is 55.8 Å². The number of anilines is 1. The standard InChI is InChI=1S/C22H28N2O3S/c1-2-3-7-18-10-12-20(13-11-18)23-22(25)21(19-8-5-4-6-9-19)24-14-16-28(26,27)17-15-24/h4-6,8-13,21H,2-3,7,14-17H2,1H3,(H,23,25). The molecule has 0 spiro atoms. The van der Waals surface area contributed by atoms with Gasteiger partial charge in [0.2, 0.25) is 5.91 Å². The Morgan fingerprint density at radius 1 is 1.04 bits per heavy atom. The number of nitrogens with zero attached hydrogens (tertiary/aromatic N) is 1. The summed E-state index contributed by atoms with van der Waals surface area (Å²) in [6, 6.07) is 17.0. The molecule has 1 aliphatic heterocycles. The molecule has 1 atom stereocenters. The fourth-order valence-electron chi connectivity index (χ4n) is 3.49. The van der Waals surface area contributed by atoms with E-state index in [0.29, 0.717) is 13.1 Å². The first-order valence-corrected chi connectivity index (χ1v) is 11.7. The van der Waals surface area contributed by atoms with E-state index in [2.05, 4.69) is 24.4 Å². The second-order valence-corrected chi connectivity index (χ2v) is 9.59. The number of aryl methyl sites for hydroxylation is 1. The lowest BCUT2D eigenvalue weighted by molar-refractivity contribution is -0.121. The third kappa shape index (κ3) is 5.42. The normalized spacial score (nSPS) is 17.8. The molecular weight excluding hydrogens is 372 g/mol. The van der Waals surface area contributed by atoms with Crippen molar-refractivity contribution in [2.24, 2.45) is 0 Å². The minimum absolute atomic E-state index is 0.0930. The molecule has 2 aromatic rings. The van der Waals surface area contributed by atoms with Gasteiger partial charge in [0, 0.05) is 18.8 Å². The molecule has 1 aliphatic rings. The number of sulfone groups is 1. The average molecular weight is 401 g/mol. The van der Waals surface area contributed by atoms with Crippen LogP contribution in [0.4, 0.5) is 5.69 Å². The predicted molar refractivity (Wildman–Crippen MR) is 113 cm³/mol. The summed E-state index contributed by atoms with van der Waals surface area (Å²) in [7, 11) is -3.00. The van der Waals surface area contributed by atoms with Crippen LogP contribution in [0.3, 0.4) is 0 Å². The lowest BCUT2D eigenvalue weighted by Gasteiger charge is -2.33. The molecule has 28 heavy (non-hydrogen) atoms. The second kappa shape index (κ2) is 9.34. The third-order valence-corrected chi connectivity index (χ3v) is 6.76. The molecule has 150 valence electrons. The summed E-state index contributed by atoms with van der Waals surface area (Å²) in [5, 5.41) is 3.01. The minimum Gasteiger partial charge on any atom is -0.324 e. The number of nitrogens with one attached hydrogen (secondary N) is 1. The van der Waals surface area contributed by atoms with Gasteiger partial charge in [-0.05, 0) is 36.1 Å². The molecule has 0 aromatic heterocycles. The largest absolute Gasteiger partial charge is 0.324 e. The van der Waals surface area contributed by atoms with E-state index in [1.807, 2.05) is 47.4 Å². The van der Waals surface area contributed by atoms with Gasteiger partial charge in [-0.2, -0.15) is 0 Å². The first kappa shape index (κ1) is 20.6. The minimum atomic E-state index is -3.00. The lowest BCUT2D eigenvalue weighted by atomic mass is 10.0. The summed E-state index contributed by atoms with van der Waals surface area (Å²) in [6.07, 6.45) is 3.35. The van der Waals surface area contributed by atoms with Crippen LogP contribution >= 0.6 is 0 Å². The maximum atomic E-state index is 13.1. The number of carbonyl (C=O) groups is 1. The van der Waals surface area contributed by atoms with Crippen LogP contribution in [0.5, 0.6) is 0 Å². The van der Waals surface area contributed by atoms with Crippen LogP contribution in [0.15, 0.2) is 54.6 Å². The topological polar surface area (TPSA) is 66.5 Å². The first-order chi connectivity index (χ1) is 13.5. The number of rotatable bonds is 7. The fourth-order valence-corrected chi connectivity index (χ4v) is 4.72. The summed E-state index contributed by atoms with van der Waals surface area (Å²) in [4.78, 5) is 15.1. The number of hydrogen-bond acceptors (Lipinski definition) is 4. The van der Waals surface area contributed by atoms with Gasteiger partial charge < -0.3 is 5.32 Å². The highest BCUT2D eigenvalue weighted by Gasteiger charge is 2.32. The molecular formula is C22H28N2O3S. The molecule has 1 N–H and O–H groups in total. The highest BCUT2D eigenvalue weighted by Crippen LogP contribution is 2.25. The van der Waals surface area contributed by atoms with Crippen LogP contribution in [-0.4, -0.2) is 43.8 Å². The summed E-state index contributed by atoms with van der Waals surface area (Å²) in [5.41, 5.74) is 2.90. The van der Waals surface area contributed by atoms with Crippen molar-refractivity contribution < 1.29 is 13.2 Å². The number of carbonyl (C=O) groups excluding carboxylic acids is 1. The number of amides is 1. The maximum Gasteiger partial charge on any atom is 0.246 e. The van der Waals surface area contributed by atoms with E-state index in [4.69, 9.17) is 0 Å². The van der Waals surface area contributed by atoms with Gasteiger partial charge in [0.1, 0.15) is 6.04 Å². The van der Waals surface area contributed by atoms with Crippen molar-refractivity contribution in [3.8, 4) is 0 Å². The highest BCUT2D eigenvalue weighted by atomic mass is 32.2. The van der Waals surface area contributed by atoms with Crippen molar-refractivity contribution >= 4 is 21.4 Å². The Labute approximate surface area is 167 Å². The van der Waals surface area contributed by atoms with E-state index in [1.54, 1.807) is 0 Å². The molecule has 0 saturated carbocycles. The molecule has 0 aliphatic carbocycles. The second-order valence-electron chi connectivity index (χ2n) is 7.29. The van der Waals surface area contributed by atoms with Crippen molar-refractivity contribution in [2.75, 3.05) is 29.9 Å². The van der Waals surface area contributed by atoms with Gasteiger partial charge in [0.15, 0.2) is 9.84 Å². The molecule has 2 aromatic carbocycles. The molecule has 1 saturated heterocycles. The quantitative estimate of drug-likeness (QED) is 0.773. The van der Waals surface area contributed by atoms with Crippen molar-refractivity contribution in [3.05, 3.63) is 65.7 Å². The summed E-state index contributed by atoms with van der Waals surface area (Å²) >= 11 is 0. The van der Waals surface area contributed by atoms with E-state index >= 15 is 0 Å². The van der Waals surface area contributed by atoms with E-state index in [9.17, 15) is 13.2 Å². The smallest absolute Gasteiger partial charge is 0.246 e. The fraction of sp³-hybridized carbons (Fsp3) is 0.409. The first-order valence-electron chi connectivity index (χ1n) is 9.88. The highest BCUT2D eigenvalue weighted by molar-refractivity contribution is 7.91. The zero-order valence-corrected chi connectivity index (χ0v) is 17.1. The monoisotopic (exact) mass is 400 g/mol. The predicted octanol–water partition coefficient (Wildman–Crippen LogP) is 3.44. The van der Waals surface area contributed by atoms with E-state index in [0.717, 1.165) is 30.5 Å². The van der Waals surface area contributed by atoms with Crippen LogP contribution in [0.2, 0.25) is 0 Å². The summed E-state index contributed by atoms with van der Waals surface area (Å²) < 4.78 is 23.6. The zero-order chi connectivity index (χ0) is 20.0. The molecule has 3 rings (SSSR count). The molecule has 0 radical (unpaired) electrons. The lowest BCUT2D eigenvalue weighted by Crippen LogP contribution is -2.46. The third-order valence-electron chi connectivity index (χ3n) is 5.15. The van der Waals surface area contributed by atoms with Crippen LogP contribution in [0.25, 0.3) is 0 Å². The Hall–Kier alpha value is -2.18. The molecule has 6 heteroatoms. The van der Waals surface area contributed by atoms with Crippen LogP contribution in [0.1, 0.15) is 36.9 Å². The zero-order valence-electron chi connectivity index (χ0n) is 16.3. The average Bonchev–Trinajstić information content (AvgIpc) is 2.70. The molecule has 5 nitrogen and oxygen atoms in total. The SMILES string of the molecule is CCCCc1ccc(NC(=O)C(c2ccccc2)N2CCS(=O)(=O)CC2)cc1. The van der Waals surface area contributed by atoms with Crippen molar-refractivity contribution in [1.82, 2.24) is 4.90 Å². The van der Waals surface area contributed by atoms with Gasteiger partial charge in [0.05, 0.1) is 11.5 Å². The van der Waals surface area contributed by atoms with Crippen molar-refractivity contribution in [1.29, 1.82) is 0 Å². The van der Waals surface area contributed by atoms with Crippen LogP contribution < -0.4 is 5.32 Å². The van der Waals surface area contributed by atoms with Gasteiger partial charge >= 0.3 is 0 Å². The molecule has 1 unspecified atom stereocenters. The van der Waals surface area contributed by atoms with E-state index in [1.165, 1.54) is 5.56 Å². The number of unbranched alkanes of at least 4 members (excludes halogenated alkanes) is 1. The van der Waals surface area contributed by atoms with Crippen LogP contribution in [-0.2, 0) is 21.1 Å². The Balaban J connectivity index is 1.75. The van der Waals surface area contributed by atoms with Gasteiger partial charge in [-0.15, -0.1) is 0 Å². The van der Waals surface area contributed by atoms with Crippen molar-refractivity contribution in [2.45, 2.75) is 32.2 Å². The molecule has 1 fully saturated rings. The molecule has 0 bridgehead atoms. The Bertz CT molecular complexity index is 866. The van der Waals surface area contributed by atoms with Crippen LogP contribution in [0, 0.1) is 0 Å². The van der Waals surface area contributed by atoms with Crippen molar-refractivity contribution in [3.63, 3.8) is 0 Å². The number of hydrogen-bond donors (Lipinski definition) is 1. The summed E-state index contributed by atoms with van der Waals surface area (Å²) in [5.74, 6) is 0.0534. The van der Waals surface area contributed by atoms with E-state index < -0.39 is 15.9 Å². The van der Waals surface area contributed by atoms with Gasteiger partial charge in [-0.25, -0.2) is 8.42 Å².